The molecule has 6 nitrogen and oxygen atoms in total. The van der Waals surface area contributed by atoms with E-state index < -0.39 is 0 Å². The zero-order valence-corrected chi connectivity index (χ0v) is 14.8. The number of hydrogen-bond donors (Lipinski definition) is 2. The fourth-order valence-corrected chi connectivity index (χ4v) is 3.27. The molecule has 1 aliphatic rings. The maximum atomic E-state index is 12.9. The van der Waals surface area contributed by atoms with Crippen molar-refractivity contribution < 1.29 is 14.3 Å². The standard InChI is InChI=1S/C20H21N3O3/c1-12(2)18(13-6-7-16-17(10-13)26-9-8-25-16)22-20(24)15-5-3-4-14-11-21-23-19(14)15/h3-7,10-12,18H,8-9H2,1-2H3,(H,21,23)(H,22,24). The Kier molecular flexibility index (Phi) is 4.24. The van der Waals surface area contributed by atoms with Crippen LogP contribution in [-0.4, -0.2) is 29.3 Å². The second kappa shape index (κ2) is 6.71. The Hall–Kier alpha value is -3.02. The molecule has 4 rings (SSSR count). The summed E-state index contributed by atoms with van der Waals surface area (Å²) in [6.45, 7) is 5.26. The maximum absolute atomic E-state index is 12.9. The fraction of sp³-hybridized carbons (Fsp3) is 0.300. The quantitative estimate of drug-likeness (QED) is 0.755. The van der Waals surface area contributed by atoms with E-state index in [1.165, 1.54) is 0 Å². The third-order valence-corrected chi connectivity index (χ3v) is 4.60. The number of H-pyrrole nitrogens is 1. The van der Waals surface area contributed by atoms with Gasteiger partial charge in [0.05, 0.1) is 23.3 Å². The molecule has 0 fully saturated rings. The molecule has 0 radical (unpaired) electrons. The third-order valence-electron chi connectivity index (χ3n) is 4.60. The van der Waals surface area contributed by atoms with Crippen LogP contribution in [0.25, 0.3) is 10.9 Å². The molecule has 2 N–H and O–H groups in total. The smallest absolute Gasteiger partial charge is 0.253 e. The van der Waals surface area contributed by atoms with E-state index in [2.05, 4.69) is 29.4 Å². The second-order valence-electron chi connectivity index (χ2n) is 6.74. The number of carbonyl (C=O) groups excluding carboxylic acids is 1. The number of nitrogens with zero attached hydrogens (tertiary/aromatic N) is 1. The first kappa shape index (κ1) is 16.4. The Bertz CT molecular complexity index is 948. The SMILES string of the molecule is CC(C)C(NC(=O)c1cccc2cn[nH]c12)c1ccc2c(c1)OCCO2. The van der Waals surface area contributed by atoms with Crippen molar-refractivity contribution in [2.24, 2.45) is 5.92 Å². The fourth-order valence-electron chi connectivity index (χ4n) is 3.27. The van der Waals surface area contributed by atoms with Crippen LogP contribution in [0.4, 0.5) is 0 Å². The summed E-state index contributed by atoms with van der Waals surface area (Å²) >= 11 is 0. The molecule has 26 heavy (non-hydrogen) atoms. The van der Waals surface area contributed by atoms with Gasteiger partial charge in [-0.2, -0.15) is 5.10 Å². The summed E-state index contributed by atoms with van der Waals surface area (Å²) in [6, 6.07) is 11.3. The van der Waals surface area contributed by atoms with Crippen molar-refractivity contribution in [3.63, 3.8) is 0 Å². The zero-order valence-electron chi connectivity index (χ0n) is 14.8. The highest BCUT2D eigenvalue weighted by atomic mass is 16.6. The van der Waals surface area contributed by atoms with Gasteiger partial charge >= 0.3 is 0 Å². The topological polar surface area (TPSA) is 76.2 Å². The van der Waals surface area contributed by atoms with Gasteiger partial charge in [-0.1, -0.05) is 32.0 Å². The molecule has 0 saturated carbocycles. The highest BCUT2D eigenvalue weighted by molar-refractivity contribution is 6.05. The van der Waals surface area contributed by atoms with E-state index >= 15 is 0 Å². The van der Waals surface area contributed by atoms with Crippen molar-refractivity contribution in [2.45, 2.75) is 19.9 Å². The average molecular weight is 351 g/mol. The van der Waals surface area contributed by atoms with Crippen molar-refractivity contribution in [3.05, 3.63) is 53.7 Å². The molecule has 3 aromatic rings. The number of para-hydroxylation sites is 1. The zero-order chi connectivity index (χ0) is 18.1. The Morgan fingerprint density at radius 1 is 1.15 bits per heavy atom. The molecule has 0 spiro atoms. The molecule has 2 heterocycles. The number of amides is 1. The van der Waals surface area contributed by atoms with Crippen LogP contribution in [0.1, 0.15) is 35.8 Å². The van der Waals surface area contributed by atoms with Crippen LogP contribution in [0.2, 0.25) is 0 Å². The van der Waals surface area contributed by atoms with Gasteiger partial charge in [-0.05, 0) is 29.7 Å². The number of rotatable bonds is 4. The molecule has 6 heteroatoms. The Labute approximate surface area is 151 Å². The van der Waals surface area contributed by atoms with Crippen molar-refractivity contribution in [1.29, 1.82) is 0 Å². The highest BCUT2D eigenvalue weighted by Gasteiger charge is 2.23. The third kappa shape index (κ3) is 2.98. The molecule has 1 aliphatic heterocycles. The number of hydrogen-bond acceptors (Lipinski definition) is 4. The molecule has 1 unspecified atom stereocenters. The summed E-state index contributed by atoms with van der Waals surface area (Å²) < 4.78 is 11.3. The first-order valence-corrected chi connectivity index (χ1v) is 8.76. The van der Waals surface area contributed by atoms with Gasteiger partial charge in [0, 0.05) is 5.39 Å². The van der Waals surface area contributed by atoms with Gasteiger partial charge in [0.2, 0.25) is 0 Å². The number of nitrogens with one attached hydrogen (secondary N) is 2. The van der Waals surface area contributed by atoms with Gasteiger partial charge in [-0.15, -0.1) is 0 Å². The first-order valence-electron chi connectivity index (χ1n) is 8.76. The van der Waals surface area contributed by atoms with Gasteiger partial charge in [-0.25, -0.2) is 0 Å². The van der Waals surface area contributed by atoms with Crippen LogP contribution < -0.4 is 14.8 Å². The molecule has 2 aromatic carbocycles. The number of aromatic nitrogens is 2. The minimum absolute atomic E-state index is 0.131. The number of benzene rings is 2. The molecule has 0 bridgehead atoms. The van der Waals surface area contributed by atoms with Crippen LogP contribution in [0.5, 0.6) is 11.5 Å². The van der Waals surface area contributed by atoms with Crippen LogP contribution >= 0.6 is 0 Å². The van der Waals surface area contributed by atoms with E-state index in [-0.39, 0.29) is 17.9 Å². The van der Waals surface area contributed by atoms with E-state index in [0.29, 0.717) is 18.8 Å². The summed E-state index contributed by atoms with van der Waals surface area (Å²) in [5, 5.41) is 11.0. The molecule has 134 valence electrons. The summed E-state index contributed by atoms with van der Waals surface area (Å²) in [7, 11) is 0. The predicted molar refractivity (Wildman–Crippen MR) is 98.6 cm³/mol. The largest absolute Gasteiger partial charge is 0.486 e. The monoisotopic (exact) mass is 351 g/mol. The van der Waals surface area contributed by atoms with E-state index in [0.717, 1.165) is 28.0 Å². The summed E-state index contributed by atoms with van der Waals surface area (Å²) in [6.07, 6.45) is 1.72. The van der Waals surface area contributed by atoms with Crippen molar-refractivity contribution >= 4 is 16.8 Å². The van der Waals surface area contributed by atoms with Crippen LogP contribution in [0, 0.1) is 5.92 Å². The van der Waals surface area contributed by atoms with Crippen LogP contribution in [-0.2, 0) is 0 Å². The van der Waals surface area contributed by atoms with Crippen molar-refractivity contribution in [1.82, 2.24) is 15.5 Å². The molecular formula is C20H21N3O3. The number of aromatic amines is 1. The van der Waals surface area contributed by atoms with Gasteiger partial charge in [0.25, 0.3) is 5.91 Å². The molecule has 0 saturated heterocycles. The summed E-state index contributed by atoms with van der Waals surface area (Å²) in [5.74, 6) is 1.55. The van der Waals surface area contributed by atoms with Crippen molar-refractivity contribution in [3.8, 4) is 11.5 Å². The van der Waals surface area contributed by atoms with Gasteiger partial charge in [0.15, 0.2) is 11.5 Å². The minimum atomic E-state index is -0.142. The lowest BCUT2D eigenvalue weighted by molar-refractivity contribution is 0.0927. The minimum Gasteiger partial charge on any atom is -0.486 e. The van der Waals surface area contributed by atoms with Crippen LogP contribution in [0.15, 0.2) is 42.6 Å². The Morgan fingerprint density at radius 3 is 2.77 bits per heavy atom. The number of fused-ring (bicyclic) bond motifs is 2. The lowest BCUT2D eigenvalue weighted by Crippen LogP contribution is -2.32. The molecule has 0 aliphatic carbocycles. The predicted octanol–water partition coefficient (Wildman–Crippen LogP) is 3.46. The average Bonchev–Trinajstić information content (AvgIpc) is 3.14. The van der Waals surface area contributed by atoms with Gasteiger partial charge in [0.1, 0.15) is 13.2 Å². The molecular weight excluding hydrogens is 330 g/mol. The number of carbonyl (C=O) groups is 1. The lowest BCUT2D eigenvalue weighted by Gasteiger charge is -2.25. The lowest BCUT2D eigenvalue weighted by atomic mass is 9.95. The molecule has 1 atom stereocenters. The Morgan fingerprint density at radius 2 is 1.96 bits per heavy atom. The second-order valence-corrected chi connectivity index (χ2v) is 6.74. The Balaban J connectivity index is 1.63. The first-order chi connectivity index (χ1) is 12.6. The van der Waals surface area contributed by atoms with Gasteiger partial charge < -0.3 is 14.8 Å². The van der Waals surface area contributed by atoms with Crippen LogP contribution in [0.3, 0.4) is 0 Å². The summed E-state index contributed by atoms with van der Waals surface area (Å²) in [4.78, 5) is 12.9. The van der Waals surface area contributed by atoms with Crippen molar-refractivity contribution in [2.75, 3.05) is 13.2 Å². The maximum Gasteiger partial charge on any atom is 0.253 e. The van der Waals surface area contributed by atoms with E-state index in [1.807, 2.05) is 30.3 Å². The highest BCUT2D eigenvalue weighted by Crippen LogP contribution is 2.34. The molecule has 1 amide bonds. The van der Waals surface area contributed by atoms with Gasteiger partial charge in [-0.3, -0.25) is 9.89 Å². The summed E-state index contributed by atoms with van der Waals surface area (Å²) in [5.41, 5.74) is 2.33. The van der Waals surface area contributed by atoms with E-state index in [9.17, 15) is 4.79 Å². The normalized spacial score (nSPS) is 14.4. The van der Waals surface area contributed by atoms with E-state index in [4.69, 9.17) is 9.47 Å². The molecule has 1 aromatic heterocycles. The van der Waals surface area contributed by atoms with E-state index in [1.54, 1.807) is 12.3 Å². The number of ether oxygens (including phenoxy) is 2.